The summed E-state index contributed by atoms with van der Waals surface area (Å²) >= 11 is 0. The summed E-state index contributed by atoms with van der Waals surface area (Å²) < 4.78 is 1.55. The molecule has 0 aliphatic carbocycles. The van der Waals surface area contributed by atoms with Crippen LogP contribution in [0, 0.1) is 12.8 Å². The third-order valence-electron chi connectivity index (χ3n) is 4.16. The first-order valence-electron chi connectivity index (χ1n) is 8.19. The first-order valence-corrected chi connectivity index (χ1v) is 8.19. The number of benzene rings is 1. The molecule has 2 N–H and O–H groups in total. The van der Waals surface area contributed by atoms with Crippen LogP contribution in [0.3, 0.4) is 0 Å². The molecule has 0 aliphatic rings. The number of rotatable bonds is 5. The Balaban J connectivity index is 1.91. The Morgan fingerprint density at radius 1 is 1.23 bits per heavy atom. The number of hydrogen-bond acceptors (Lipinski definition) is 5. The molecule has 0 unspecified atom stereocenters. The molecule has 1 aromatic carbocycles. The lowest BCUT2D eigenvalue weighted by Gasteiger charge is -2.17. The predicted octanol–water partition coefficient (Wildman–Crippen LogP) is 1.96. The van der Waals surface area contributed by atoms with Gasteiger partial charge in [0.05, 0.1) is 16.9 Å². The zero-order chi connectivity index (χ0) is 18.8. The van der Waals surface area contributed by atoms with Gasteiger partial charge in [-0.2, -0.15) is 0 Å². The number of amides is 1. The van der Waals surface area contributed by atoms with Crippen molar-refractivity contribution in [2.24, 2.45) is 5.92 Å². The number of carbonyl (C=O) groups is 2. The number of carboxylic acids is 1. The van der Waals surface area contributed by atoms with Gasteiger partial charge in [-0.3, -0.25) is 9.78 Å². The minimum atomic E-state index is -1.08. The van der Waals surface area contributed by atoms with E-state index in [0.29, 0.717) is 5.69 Å². The van der Waals surface area contributed by atoms with Crippen molar-refractivity contribution in [3.63, 3.8) is 0 Å². The van der Waals surface area contributed by atoms with E-state index < -0.39 is 17.9 Å². The molecule has 0 spiro atoms. The molecule has 0 fully saturated rings. The molecule has 0 saturated heterocycles. The van der Waals surface area contributed by atoms with Crippen molar-refractivity contribution < 1.29 is 14.7 Å². The molecule has 3 rings (SSSR count). The van der Waals surface area contributed by atoms with Crippen LogP contribution >= 0.6 is 0 Å². The van der Waals surface area contributed by atoms with Crippen molar-refractivity contribution in [3.8, 4) is 5.69 Å². The highest BCUT2D eigenvalue weighted by molar-refractivity contribution is 5.96. The van der Waals surface area contributed by atoms with Gasteiger partial charge >= 0.3 is 5.97 Å². The standard InChI is InChI=1S/C18H19N5O3/c1-10(2)15(18(25)26)20-17(24)16-11(3)23(22-21-16)13-6-7-14-12(9-13)5-4-8-19-14/h4-10,15H,1-3H3,(H,20,24)(H,25,26)/t15-/m0/s1. The van der Waals surface area contributed by atoms with Crippen LogP contribution in [0.15, 0.2) is 36.5 Å². The van der Waals surface area contributed by atoms with Gasteiger partial charge in [0.15, 0.2) is 5.69 Å². The average molecular weight is 353 g/mol. The van der Waals surface area contributed by atoms with Crippen molar-refractivity contribution in [2.75, 3.05) is 0 Å². The SMILES string of the molecule is Cc1c(C(=O)N[C@H](C(=O)O)C(C)C)nnn1-c1ccc2ncccc2c1. The van der Waals surface area contributed by atoms with Gasteiger partial charge in [0, 0.05) is 11.6 Å². The third-order valence-corrected chi connectivity index (χ3v) is 4.16. The number of carbonyl (C=O) groups excluding carboxylic acids is 1. The molecular formula is C18H19N5O3. The minimum absolute atomic E-state index is 0.100. The van der Waals surface area contributed by atoms with E-state index in [4.69, 9.17) is 0 Å². The summed E-state index contributed by atoms with van der Waals surface area (Å²) in [6.07, 6.45) is 1.72. The Bertz CT molecular complexity index is 980. The van der Waals surface area contributed by atoms with Crippen LogP contribution in [0.2, 0.25) is 0 Å². The van der Waals surface area contributed by atoms with Crippen LogP contribution in [-0.4, -0.2) is 43.0 Å². The van der Waals surface area contributed by atoms with Gasteiger partial charge in [-0.25, -0.2) is 9.48 Å². The van der Waals surface area contributed by atoms with Crippen LogP contribution in [0.1, 0.15) is 30.0 Å². The zero-order valence-corrected chi connectivity index (χ0v) is 14.7. The number of carboxylic acid groups (broad SMARTS) is 1. The molecule has 3 aromatic rings. The zero-order valence-electron chi connectivity index (χ0n) is 14.7. The highest BCUT2D eigenvalue weighted by Crippen LogP contribution is 2.18. The molecule has 0 saturated carbocycles. The van der Waals surface area contributed by atoms with E-state index in [1.165, 1.54) is 0 Å². The Hall–Kier alpha value is -3.29. The predicted molar refractivity (Wildman–Crippen MR) is 95.1 cm³/mol. The van der Waals surface area contributed by atoms with Gasteiger partial charge in [0.2, 0.25) is 0 Å². The molecule has 8 nitrogen and oxygen atoms in total. The van der Waals surface area contributed by atoms with E-state index in [1.807, 2.05) is 30.3 Å². The largest absolute Gasteiger partial charge is 0.480 e. The van der Waals surface area contributed by atoms with E-state index in [2.05, 4.69) is 20.6 Å². The Labute approximate surface area is 149 Å². The molecule has 134 valence electrons. The van der Waals surface area contributed by atoms with Gasteiger partial charge in [-0.1, -0.05) is 25.1 Å². The summed E-state index contributed by atoms with van der Waals surface area (Å²) in [4.78, 5) is 28.0. The summed E-state index contributed by atoms with van der Waals surface area (Å²) in [5.74, 6) is -1.89. The molecule has 26 heavy (non-hydrogen) atoms. The summed E-state index contributed by atoms with van der Waals surface area (Å²) in [6, 6.07) is 8.40. The normalized spacial score (nSPS) is 12.3. The van der Waals surface area contributed by atoms with Crippen molar-refractivity contribution in [1.29, 1.82) is 0 Å². The van der Waals surface area contributed by atoms with E-state index in [-0.39, 0.29) is 11.6 Å². The van der Waals surface area contributed by atoms with Crippen molar-refractivity contribution in [1.82, 2.24) is 25.3 Å². The lowest BCUT2D eigenvalue weighted by molar-refractivity contribution is -0.140. The molecule has 1 atom stereocenters. The van der Waals surface area contributed by atoms with Crippen LogP contribution in [0.4, 0.5) is 0 Å². The Morgan fingerprint density at radius 3 is 2.69 bits per heavy atom. The number of hydrogen-bond donors (Lipinski definition) is 2. The van der Waals surface area contributed by atoms with Gasteiger partial charge < -0.3 is 10.4 Å². The molecule has 0 radical (unpaired) electrons. The second kappa shape index (κ2) is 6.91. The van der Waals surface area contributed by atoms with Crippen LogP contribution < -0.4 is 5.32 Å². The average Bonchev–Trinajstić information content (AvgIpc) is 3.00. The van der Waals surface area contributed by atoms with E-state index in [0.717, 1.165) is 16.6 Å². The van der Waals surface area contributed by atoms with Crippen LogP contribution in [0.25, 0.3) is 16.6 Å². The fourth-order valence-electron chi connectivity index (χ4n) is 2.70. The van der Waals surface area contributed by atoms with E-state index in [9.17, 15) is 14.7 Å². The quantitative estimate of drug-likeness (QED) is 0.725. The highest BCUT2D eigenvalue weighted by Gasteiger charge is 2.26. The van der Waals surface area contributed by atoms with Crippen LogP contribution in [-0.2, 0) is 4.79 Å². The fourth-order valence-corrected chi connectivity index (χ4v) is 2.70. The van der Waals surface area contributed by atoms with Crippen molar-refractivity contribution in [2.45, 2.75) is 26.8 Å². The van der Waals surface area contributed by atoms with Gasteiger partial charge in [-0.15, -0.1) is 5.10 Å². The molecule has 0 aliphatic heterocycles. The van der Waals surface area contributed by atoms with Gasteiger partial charge in [0.25, 0.3) is 5.91 Å². The molecule has 1 amide bonds. The summed E-state index contributed by atoms with van der Waals surface area (Å²) in [7, 11) is 0. The van der Waals surface area contributed by atoms with Crippen LogP contribution in [0.5, 0.6) is 0 Å². The van der Waals surface area contributed by atoms with E-state index >= 15 is 0 Å². The molecule has 8 heteroatoms. The second-order valence-corrected chi connectivity index (χ2v) is 6.35. The maximum Gasteiger partial charge on any atom is 0.326 e. The van der Waals surface area contributed by atoms with Gasteiger partial charge in [-0.05, 0) is 37.1 Å². The number of aliphatic carboxylic acids is 1. The number of nitrogens with one attached hydrogen (secondary N) is 1. The number of aromatic nitrogens is 4. The summed E-state index contributed by atoms with van der Waals surface area (Å²) in [5, 5.41) is 20.7. The topological polar surface area (TPSA) is 110 Å². The smallest absolute Gasteiger partial charge is 0.326 e. The fraction of sp³-hybridized carbons (Fsp3) is 0.278. The Morgan fingerprint density at radius 2 is 2.00 bits per heavy atom. The minimum Gasteiger partial charge on any atom is -0.480 e. The maximum atomic E-state index is 12.4. The molecule has 0 bridgehead atoms. The van der Waals surface area contributed by atoms with Crippen molar-refractivity contribution in [3.05, 3.63) is 47.9 Å². The number of pyridine rings is 1. The molecular weight excluding hydrogens is 334 g/mol. The summed E-state index contributed by atoms with van der Waals surface area (Å²) in [6.45, 7) is 5.17. The monoisotopic (exact) mass is 353 g/mol. The second-order valence-electron chi connectivity index (χ2n) is 6.35. The first-order chi connectivity index (χ1) is 12.4. The van der Waals surface area contributed by atoms with E-state index in [1.54, 1.807) is 31.6 Å². The van der Waals surface area contributed by atoms with Gasteiger partial charge in [0.1, 0.15) is 6.04 Å². The number of fused-ring (bicyclic) bond motifs is 1. The molecule has 2 aromatic heterocycles. The maximum absolute atomic E-state index is 12.4. The lowest BCUT2D eigenvalue weighted by atomic mass is 10.0. The lowest BCUT2D eigenvalue weighted by Crippen LogP contribution is -2.44. The first kappa shape index (κ1) is 17.5. The van der Waals surface area contributed by atoms with Crippen molar-refractivity contribution >= 4 is 22.8 Å². The highest BCUT2D eigenvalue weighted by atomic mass is 16.4. The number of nitrogens with zero attached hydrogens (tertiary/aromatic N) is 4. The molecule has 2 heterocycles. The summed E-state index contributed by atoms with van der Waals surface area (Å²) in [5.41, 5.74) is 2.23. The third kappa shape index (κ3) is 3.26. The Kier molecular flexibility index (Phi) is 4.66.